The first kappa shape index (κ1) is 15.3. The molecule has 0 spiro atoms. The Kier molecular flexibility index (Phi) is 4.10. The first-order chi connectivity index (χ1) is 10.6. The number of carbonyl (C=O) groups excluding carboxylic acids is 1. The molecule has 0 radical (unpaired) electrons. The topological polar surface area (TPSA) is 58.6 Å². The molecule has 1 aliphatic carbocycles. The zero-order valence-corrected chi connectivity index (χ0v) is 13.8. The van der Waals surface area contributed by atoms with Gasteiger partial charge in [0.05, 0.1) is 24.1 Å². The number of methoxy groups -OCH3 is 1. The van der Waals surface area contributed by atoms with Crippen molar-refractivity contribution in [1.82, 2.24) is 5.32 Å². The van der Waals surface area contributed by atoms with Gasteiger partial charge in [-0.25, -0.2) is 0 Å². The fraction of sp³-hybridized carbons (Fsp3) is 0.471. The Balaban J connectivity index is 1.92. The van der Waals surface area contributed by atoms with E-state index >= 15 is 0 Å². The highest BCUT2D eigenvalue weighted by Crippen LogP contribution is 2.35. The Hall–Kier alpha value is -1.59. The minimum Gasteiger partial charge on any atom is -0.497 e. The molecule has 0 bridgehead atoms. The lowest BCUT2D eigenvalue weighted by Gasteiger charge is -2.27. The molecule has 1 amide bonds. The molecule has 2 aromatic rings. The third-order valence-corrected chi connectivity index (χ3v) is 5.86. The quantitative estimate of drug-likeness (QED) is 0.909. The number of carbonyl (C=O) groups is 1. The highest BCUT2D eigenvalue weighted by Gasteiger charge is 2.35. The molecule has 2 N–H and O–H groups in total. The maximum atomic E-state index is 12.7. The molecule has 1 heterocycles. The number of ether oxygens (including phenoxy) is 1. The van der Waals surface area contributed by atoms with Gasteiger partial charge in [0.2, 0.25) is 0 Å². The van der Waals surface area contributed by atoms with Crippen molar-refractivity contribution in [2.45, 2.75) is 38.1 Å². The van der Waals surface area contributed by atoms with Gasteiger partial charge < -0.3 is 15.2 Å². The molecule has 1 aliphatic rings. The summed E-state index contributed by atoms with van der Waals surface area (Å²) in [6.07, 6.45) is 3.83. The number of rotatable bonds is 4. The van der Waals surface area contributed by atoms with Crippen LogP contribution < -0.4 is 10.1 Å². The molecule has 4 nitrogen and oxygen atoms in total. The fourth-order valence-corrected chi connectivity index (χ4v) is 4.30. The predicted octanol–water partition coefficient (Wildman–Crippen LogP) is 3.25. The summed E-state index contributed by atoms with van der Waals surface area (Å²) in [6, 6.07) is 5.86. The second-order valence-corrected chi connectivity index (χ2v) is 7.07. The lowest BCUT2D eigenvalue weighted by Crippen LogP contribution is -2.49. The van der Waals surface area contributed by atoms with Gasteiger partial charge in [-0.2, -0.15) is 0 Å². The second kappa shape index (κ2) is 5.89. The summed E-state index contributed by atoms with van der Waals surface area (Å²) < 4.78 is 6.34. The molecular weight excluding hydrogens is 298 g/mol. The summed E-state index contributed by atoms with van der Waals surface area (Å²) in [4.78, 5) is 13.4. The monoisotopic (exact) mass is 319 g/mol. The molecule has 1 saturated carbocycles. The minimum absolute atomic E-state index is 0.0104. The molecule has 0 atom stereocenters. The van der Waals surface area contributed by atoms with Gasteiger partial charge in [-0.05, 0) is 48.9 Å². The van der Waals surface area contributed by atoms with E-state index in [2.05, 4.69) is 5.32 Å². The van der Waals surface area contributed by atoms with Crippen molar-refractivity contribution in [3.63, 3.8) is 0 Å². The normalized spacial score (nSPS) is 16.9. The van der Waals surface area contributed by atoms with Crippen LogP contribution >= 0.6 is 11.3 Å². The van der Waals surface area contributed by atoms with Crippen molar-refractivity contribution in [3.8, 4) is 5.75 Å². The van der Waals surface area contributed by atoms with E-state index in [1.807, 2.05) is 25.1 Å². The number of aliphatic hydroxyl groups is 1. The first-order valence-corrected chi connectivity index (χ1v) is 8.41. The first-order valence-electron chi connectivity index (χ1n) is 7.59. The van der Waals surface area contributed by atoms with Crippen molar-refractivity contribution in [2.75, 3.05) is 13.7 Å². The number of fused-ring (bicyclic) bond motifs is 1. The summed E-state index contributed by atoms with van der Waals surface area (Å²) in [5.41, 5.74) is 0.541. The number of nitrogens with one attached hydrogen (secondary N) is 1. The Bertz CT molecular complexity index is 701. The van der Waals surface area contributed by atoms with Crippen LogP contribution in [0.4, 0.5) is 0 Å². The summed E-state index contributed by atoms with van der Waals surface area (Å²) in [6.45, 7) is 1.98. The number of hydrogen-bond donors (Lipinski definition) is 2. The third-order valence-electron chi connectivity index (χ3n) is 4.59. The maximum absolute atomic E-state index is 12.7. The van der Waals surface area contributed by atoms with Gasteiger partial charge in [-0.1, -0.05) is 12.8 Å². The Morgan fingerprint density at radius 2 is 2.14 bits per heavy atom. The van der Waals surface area contributed by atoms with Crippen LogP contribution in [0.1, 0.15) is 40.9 Å². The van der Waals surface area contributed by atoms with Crippen molar-refractivity contribution in [3.05, 3.63) is 28.6 Å². The van der Waals surface area contributed by atoms with Crippen LogP contribution in [0, 0.1) is 6.92 Å². The highest BCUT2D eigenvalue weighted by molar-refractivity contribution is 7.21. The molecule has 5 heteroatoms. The van der Waals surface area contributed by atoms with E-state index in [1.165, 1.54) is 11.3 Å². The zero-order chi connectivity index (χ0) is 15.7. The second-order valence-electron chi connectivity index (χ2n) is 6.02. The molecule has 3 rings (SSSR count). The highest BCUT2D eigenvalue weighted by atomic mass is 32.1. The zero-order valence-electron chi connectivity index (χ0n) is 12.9. The number of aliphatic hydroxyl groups excluding tert-OH is 1. The van der Waals surface area contributed by atoms with Crippen molar-refractivity contribution in [2.24, 2.45) is 0 Å². The lowest BCUT2D eigenvalue weighted by molar-refractivity contribution is 0.0842. The van der Waals surface area contributed by atoms with Gasteiger partial charge in [0.25, 0.3) is 5.91 Å². The molecule has 118 valence electrons. The molecule has 1 aromatic heterocycles. The summed E-state index contributed by atoms with van der Waals surface area (Å²) in [5, 5.41) is 13.8. The third kappa shape index (κ3) is 2.59. The van der Waals surface area contributed by atoms with Gasteiger partial charge in [0.1, 0.15) is 5.75 Å². The lowest BCUT2D eigenvalue weighted by atomic mass is 9.98. The predicted molar refractivity (Wildman–Crippen MR) is 88.9 cm³/mol. The van der Waals surface area contributed by atoms with Crippen molar-refractivity contribution in [1.29, 1.82) is 0 Å². The molecule has 0 unspecified atom stereocenters. The van der Waals surface area contributed by atoms with Gasteiger partial charge in [-0.3, -0.25) is 4.79 Å². The Morgan fingerprint density at radius 1 is 1.41 bits per heavy atom. The van der Waals surface area contributed by atoms with E-state index < -0.39 is 5.54 Å². The van der Waals surface area contributed by atoms with Crippen molar-refractivity contribution >= 4 is 27.3 Å². The van der Waals surface area contributed by atoms with Crippen LogP contribution in [0.15, 0.2) is 18.2 Å². The number of thiophene rings is 1. The molecule has 22 heavy (non-hydrogen) atoms. The van der Waals surface area contributed by atoms with E-state index in [9.17, 15) is 9.90 Å². The number of benzene rings is 1. The molecular formula is C17H21NO3S. The van der Waals surface area contributed by atoms with E-state index in [4.69, 9.17) is 4.74 Å². The van der Waals surface area contributed by atoms with Crippen molar-refractivity contribution < 1.29 is 14.6 Å². The van der Waals surface area contributed by atoms with E-state index in [1.54, 1.807) is 7.11 Å². The number of amides is 1. The van der Waals surface area contributed by atoms with Gasteiger partial charge in [0.15, 0.2) is 0 Å². The van der Waals surface area contributed by atoms with Crippen LogP contribution in [-0.2, 0) is 0 Å². The molecule has 0 saturated heterocycles. The van der Waals surface area contributed by atoms with Gasteiger partial charge in [0, 0.05) is 4.70 Å². The Morgan fingerprint density at radius 3 is 2.77 bits per heavy atom. The van der Waals surface area contributed by atoms with E-state index in [-0.39, 0.29) is 12.5 Å². The van der Waals surface area contributed by atoms with E-state index in [0.717, 1.165) is 52.0 Å². The average Bonchev–Trinajstić information content (AvgIpc) is 3.13. The van der Waals surface area contributed by atoms with Crippen LogP contribution in [-0.4, -0.2) is 30.3 Å². The van der Waals surface area contributed by atoms with Gasteiger partial charge >= 0.3 is 0 Å². The maximum Gasteiger partial charge on any atom is 0.262 e. The summed E-state index contributed by atoms with van der Waals surface area (Å²) in [7, 11) is 1.64. The van der Waals surface area contributed by atoms with E-state index in [0.29, 0.717) is 0 Å². The van der Waals surface area contributed by atoms with Crippen LogP contribution in [0.25, 0.3) is 10.1 Å². The van der Waals surface area contributed by atoms with Crippen LogP contribution in [0.3, 0.4) is 0 Å². The average molecular weight is 319 g/mol. The van der Waals surface area contributed by atoms with Crippen LogP contribution in [0.5, 0.6) is 5.75 Å². The SMILES string of the molecule is COc1ccc2sc(C(=O)NC3(CO)CCCC3)c(C)c2c1. The van der Waals surface area contributed by atoms with Crippen LogP contribution in [0.2, 0.25) is 0 Å². The smallest absolute Gasteiger partial charge is 0.262 e. The summed E-state index contributed by atoms with van der Waals surface area (Å²) >= 11 is 1.49. The standard InChI is InChI=1S/C17H21NO3S/c1-11-13-9-12(21-2)5-6-14(13)22-15(11)16(20)18-17(10-19)7-3-4-8-17/h5-6,9,19H,3-4,7-8,10H2,1-2H3,(H,18,20). The fourth-order valence-electron chi connectivity index (χ4n) is 3.22. The molecule has 1 aromatic carbocycles. The summed E-state index contributed by atoms with van der Waals surface area (Å²) in [5.74, 6) is 0.719. The minimum atomic E-state index is -0.433. The molecule has 1 fully saturated rings. The largest absolute Gasteiger partial charge is 0.497 e. The molecule has 0 aliphatic heterocycles. The van der Waals surface area contributed by atoms with Gasteiger partial charge in [-0.15, -0.1) is 11.3 Å². The Labute approximate surface area is 134 Å². The number of aryl methyl sites for hydroxylation is 1. The number of hydrogen-bond acceptors (Lipinski definition) is 4.